The van der Waals surface area contributed by atoms with E-state index in [-0.39, 0.29) is 5.75 Å². The normalized spacial score (nSPS) is 11.9. The lowest BCUT2D eigenvalue weighted by atomic mass is 10.2. The second-order valence-corrected chi connectivity index (χ2v) is 7.08. The van der Waals surface area contributed by atoms with Gasteiger partial charge in [-0.1, -0.05) is 6.07 Å². The molecule has 1 rings (SSSR count). The number of rotatable bonds is 4. The predicted octanol–water partition coefficient (Wildman–Crippen LogP) is 1.83. The highest BCUT2D eigenvalue weighted by Crippen LogP contribution is 2.26. The maximum atomic E-state index is 11.7. The molecule has 1 amide bonds. The van der Waals surface area contributed by atoms with E-state index in [4.69, 9.17) is 14.6 Å². The van der Waals surface area contributed by atoms with Crippen LogP contribution in [0.1, 0.15) is 26.3 Å². The maximum Gasteiger partial charge on any atom is 0.412 e. The monoisotopic (exact) mass is 316 g/mol. The molecule has 0 bridgehead atoms. The molecule has 7 nitrogen and oxygen atoms in total. The summed E-state index contributed by atoms with van der Waals surface area (Å²) in [7, 11) is -2.22. The Morgan fingerprint density at radius 1 is 1.33 bits per heavy atom. The number of hydrogen-bond acceptors (Lipinski definition) is 5. The minimum atomic E-state index is -3.63. The molecule has 0 spiro atoms. The summed E-state index contributed by atoms with van der Waals surface area (Å²) in [5.74, 6) is 0.0119. The molecule has 118 valence electrons. The largest absolute Gasteiger partial charge is 0.495 e. The van der Waals surface area contributed by atoms with E-state index >= 15 is 0 Å². The van der Waals surface area contributed by atoms with Gasteiger partial charge in [-0.3, -0.25) is 5.32 Å². The van der Waals surface area contributed by atoms with E-state index in [0.29, 0.717) is 17.0 Å². The van der Waals surface area contributed by atoms with Gasteiger partial charge in [-0.15, -0.1) is 0 Å². The zero-order chi connectivity index (χ0) is 16.3. The van der Waals surface area contributed by atoms with Crippen molar-refractivity contribution in [3.8, 4) is 5.75 Å². The Kier molecular flexibility index (Phi) is 5.19. The molecule has 0 aromatic heterocycles. The fourth-order valence-corrected chi connectivity index (χ4v) is 2.22. The Morgan fingerprint density at radius 2 is 1.95 bits per heavy atom. The van der Waals surface area contributed by atoms with Crippen molar-refractivity contribution in [3.63, 3.8) is 0 Å². The molecular formula is C13H20N2O5S. The number of primary sulfonamides is 1. The summed E-state index contributed by atoms with van der Waals surface area (Å²) in [5.41, 5.74) is 0.222. The Hall–Kier alpha value is -1.80. The molecule has 21 heavy (non-hydrogen) atoms. The van der Waals surface area contributed by atoms with E-state index in [1.165, 1.54) is 19.2 Å². The molecule has 1 aromatic carbocycles. The molecule has 0 saturated carbocycles. The molecule has 0 unspecified atom stereocenters. The van der Waals surface area contributed by atoms with Crippen molar-refractivity contribution in [1.82, 2.24) is 0 Å². The van der Waals surface area contributed by atoms with Gasteiger partial charge in [0, 0.05) is 0 Å². The number of nitrogens with two attached hydrogens (primary N) is 1. The maximum absolute atomic E-state index is 11.7. The molecule has 8 heteroatoms. The molecule has 0 aliphatic carbocycles. The summed E-state index contributed by atoms with van der Waals surface area (Å²) in [6.45, 7) is 5.25. The molecule has 0 aliphatic rings. The fraction of sp³-hybridized carbons (Fsp3) is 0.462. The van der Waals surface area contributed by atoms with Crippen LogP contribution in [-0.4, -0.2) is 27.2 Å². The molecule has 1 aromatic rings. The highest BCUT2D eigenvalue weighted by Gasteiger charge is 2.18. The van der Waals surface area contributed by atoms with Gasteiger partial charge >= 0.3 is 6.09 Å². The van der Waals surface area contributed by atoms with Crippen molar-refractivity contribution in [2.24, 2.45) is 5.14 Å². The van der Waals surface area contributed by atoms with Crippen LogP contribution in [0.15, 0.2) is 18.2 Å². The van der Waals surface area contributed by atoms with Gasteiger partial charge in [-0.25, -0.2) is 18.4 Å². The second-order valence-electron chi connectivity index (χ2n) is 5.47. The first kappa shape index (κ1) is 17.3. The van der Waals surface area contributed by atoms with Crippen LogP contribution < -0.4 is 15.2 Å². The minimum Gasteiger partial charge on any atom is -0.495 e. The van der Waals surface area contributed by atoms with Crippen molar-refractivity contribution in [3.05, 3.63) is 23.8 Å². The van der Waals surface area contributed by atoms with Gasteiger partial charge < -0.3 is 9.47 Å². The van der Waals surface area contributed by atoms with Crippen molar-refractivity contribution in [1.29, 1.82) is 0 Å². The predicted molar refractivity (Wildman–Crippen MR) is 79.7 cm³/mol. The number of methoxy groups -OCH3 is 1. The van der Waals surface area contributed by atoms with Crippen LogP contribution in [-0.2, 0) is 20.5 Å². The van der Waals surface area contributed by atoms with Gasteiger partial charge in [0.2, 0.25) is 10.0 Å². The number of hydrogen-bond donors (Lipinski definition) is 2. The molecule has 0 atom stereocenters. The van der Waals surface area contributed by atoms with E-state index in [9.17, 15) is 13.2 Å². The van der Waals surface area contributed by atoms with Crippen molar-refractivity contribution >= 4 is 21.8 Å². The smallest absolute Gasteiger partial charge is 0.412 e. The number of nitrogens with one attached hydrogen (secondary N) is 1. The Morgan fingerprint density at radius 3 is 2.43 bits per heavy atom. The van der Waals surface area contributed by atoms with E-state index in [2.05, 4.69) is 5.32 Å². The number of carbonyl (C=O) groups excluding carboxylic acids is 1. The van der Waals surface area contributed by atoms with Gasteiger partial charge in [0.1, 0.15) is 11.4 Å². The summed E-state index contributed by atoms with van der Waals surface area (Å²) in [6, 6.07) is 4.57. The van der Waals surface area contributed by atoms with Gasteiger partial charge in [0.05, 0.1) is 18.6 Å². The van der Waals surface area contributed by atoms with E-state index < -0.39 is 21.7 Å². The number of amides is 1. The third-order valence-corrected chi connectivity index (χ3v) is 3.01. The lowest BCUT2D eigenvalue weighted by Crippen LogP contribution is -2.27. The molecule has 0 aliphatic heterocycles. The number of anilines is 1. The first-order valence-corrected chi connectivity index (χ1v) is 7.89. The summed E-state index contributed by atoms with van der Waals surface area (Å²) >= 11 is 0. The van der Waals surface area contributed by atoms with Crippen LogP contribution in [0.2, 0.25) is 0 Å². The van der Waals surface area contributed by atoms with Gasteiger partial charge in [0.25, 0.3) is 0 Å². The first-order chi connectivity index (χ1) is 9.50. The van der Waals surface area contributed by atoms with Crippen molar-refractivity contribution in [2.75, 3.05) is 12.4 Å². The first-order valence-electron chi connectivity index (χ1n) is 6.17. The van der Waals surface area contributed by atoms with Crippen LogP contribution in [0.3, 0.4) is 0 Å². The van der Waals surface area contributed by atoms with Crippen molar-refractivity contribution in [2.45, 2.75) is 32.1 Å². The van der Waals surface area contributed by atoms with Gasteiger partial charge in [-0.2, -0.15) is 0 Å². The fourth-order valence-electron chi connectivity index (χ4n) is 1.57. The molecule has 0 radical (unpaired) electrons. The topological polar surface area (TPSA) is 108 Å². The quantitative estimate of drug-likeness (QED) is 0.881. The second kappa shape index (κ2) is 6.31. The number of ether oxygens (including phenoxy) is 2. The summed E-state index contributed by atoms with van der Waals surface area (Å²) in [4.78, 5) is 11.7. The summed E-state index contributed by atoms with van der Waals surface area (Å²) in [5, 5.41) is 7.53. The molecule has 0 saturated heterocycles. The summed E-state index contributed by atoms with van der Waals surface area (Å²) in [6.07, 6.45) is -0.625. The van der Waals surface area contributed by atoms with E-state index in [0.717, 1.165) is 0 Å². The molecular weight excluding hydrogens is 296 g/mol. The van der Waals surface area contributed by atoms with Crippen LogP contribution >= 0.6 is 0 Å². The third-order valence-electron chi connectivity index (χ3n) is 2.27. The van der Waals surface area contributed by atoms with Gasteiger partial charge in [-0.05, 0) is 38.5 Å². The highest BCUT2D eigenvalue weighted by molar-refractivity contribution is 7.88. The lowest BCUT2D eigenvalue weighted by Gasteiger charge is -2.20. The van der Waals surface area contributed by atoms with E-state index in [1.807, 2.05) is 0 Å². The highest BCUT2D eigenvalue weighted by atomic mass is 32.2. The SMILES string of the molecule is COc1cc(CS(N)(=O)=O)ccc1NC(=O)OC(C)(C)C. The van der Waals surface area contributed by atoms with E-state index in [1.54, 1.807) is 26.8 Å². The average Bonchev–Trinajstić information content (AvgIpc) is 2.26. The van der Waals surface area contributed by atoms with Crippen LogP contribution in [0, 0.1) is 0 Å². The van der Waals surface area contributed by atoms with Gasteiger partial charge in [0.15, 0.2) is 0 Å². The molecule has 3 N–H and O–H groups in total. The van der Waals surface area contributed by atoms with Crippen LogP contribution in [0.4, 0.5) is 10.5 Å². The molecule has 0 fully saturated rings. The average molecular weight is 316 g/mol. The third kappa shape index (κ3) is 6.46. The Labute approximate surface area is 124 Å². The molecule has 0 heterocycles. The zero-order valence-electron chi connectivity index (χ0n) is 12.5. The number of sulfonamides is 1. The lowest BCUT2D eigenvalue weighted by molar-refractivity contribution is 0.0635. The standard InChI is InChI=1S/C13H20N2O5S/c1-13(2,3)20-12(16)15-10-6-5-9(7-11(10)19-4)8-21(14,17)18/h5-7H,8H2,1-4H3,(H,15,16)(H2,14,17,18). The number of benzene rings is 1. The zero-order valence-corrected chi connectivity index (χ0v) is 13.3. The summed E-state index contributed by atoms with van der Waals surface area (Å²) < 4.78 is 32.4. The Balaban J connectivity index is 2.92. The Bertz CT molecular complexity index is 620. The number of carbonyl (C=O) groups is 1. The minimum absolute atomic E-state index is 0.309. The van der Waals surface area contributed by atoms with Crippen LogP contribution in [0.5, 0.6) is 5.75 Å². The van der Waals surface area contributed by atoms with Crippen molar-refractivity contribution < 1.29 is 22.7 Å². The van der Waals surface area contributed by atoms with Crippen LogP contribution in [0.25, 0.3) is 0 Å².